The van der Waals surface area contributed by atoms with Crippen molar-refractivity contribution in [1.82, 2.24) is 34.7 Å². The number of aromatic nitrogens is 5. The first-order valence-corrected chi connectivity index (χ1v) is 13.2. The minimum atomic E-state index is -4.53. The molecule has 4 aromatic rings. The van der Waals surface area contributed by atoms with Gasteiger partial charge in [0.1, 0.15) is 12.7 Å². The van der Waals surface area contributed by atoms with Crippen LogP contribution in [0.4, 0.5) is 23.2 Å². The van der Waals surface area contributed by atoms with Crippen LogP contribution in [0, 0.1) is 0 Å². The van der Waals surface area contributed by atoms with Crippen LogP contribution in [0.5, 0.6) is 0 Å². The number of piperidine rings is 1. The maximum Gasteiger partial charge on any atom is 0.406 e. The molecule has 0 spiro atoms. The molecule has 0 saturated carbocycles. The smallest absolute Gasteiger partial charge is 0.379 e. The van der Waals surface area contributed by atoms with Crippen molar-refractivity contribution >= 4 is 22.5 Å². The fourth-order valence-electron chi connectivity index (χ4n) is 4.86. The summed E-state index contributed by atoms with van der Waals surface area (Å²) < 4.78 is 63.7. The standard InChI is InChI=1S/C27H32F4N8O2/c1-26(2,3)39-13-16(11-33-39)25(40)32-12-23-35-24(36-41-23)22-10-17-19(34-20-8-9-37(4)14-18(20)28)6-5-7-21(17)38(22)15-27(29,30)31/h5-7,10-11,13,18,20,34H,8-9,12,14-15H2,1-4H3,(H,32,40). The Morgan fingerprint density at radius 3 is 2.68 bits per heavy atom. The number of rotatable bonds is 7. The summed E-state index contributed by atoms with van der Waals surface area (Å²) in [6.07, 6.45) is -2.04. The normalized spacial score (nSPS) is 18.6. The highest BCUT2D eigenvalue weighted by molar-refractivity contribution is 5.96. The molecule has 10 nitrogen and oxygen atoms in total. The zero-order valence-electron chi connectivity index (χ0n) is 23.2. The molecule has 1 aliphatic rings. The molecule has 1 fully saturated rings. The minimum absolute atomic E-state index is 0.0188. The van der Waals surface area contributed by atoms with E-state index in [2.05, 4.69) is 25.9 Å². The third-order valence-electron chi connectivity index (χ3n) is 7.00. The van der Waals surface area contributed by atoms with E-state index in [9.17, 15) is 22.4 Å². The van der Waals surface area contributed by atoms with Gasteiger partial charge >= 0.3 is 6.18 Å². The Morgan fingerprint density at radius 2 is 2.00 bits per heavy atom. The van der Waals surface area contributed by atoms with Crippen molar-refractivity contribution in [3.05, 3.63) is 48.1 Å². The number of hydrogen-bond acceptors (Lipinski definition) is 7. The van der Waals surface area contributed by atoms with Crippen molar-refractivity contribution in [1.29, 1.82) is 0 Å². The van der Waals surface area contributed by atoms with Crippen LogP contribution < -0.4 is 10.6 Å². The molecule has 2 unspecified atom stereocenters. The van der Waals surface area contributed by atoms with Crippen molar-refractivity contribution in [2.24, 2.45) is 0 Å². The third-order valence-corrected chi connectivity index (χ3v) is 7.00. The van der Waals surface area contributed by atoms with E-state index in [1.807, 2.05) is 32.7 Å². The molecule has 0 bridgehead atoms. The van der Waals surface area contributed by atoms with Crippen molar-refractivity contribution in [2.75, 3.05) is 25.5 Å². The summed E-state index contributed by atoms with van der Waals surface area (Å²) in [5.41, 5.74) is 0.935. The number of halogens is 4. The first kappa shape index (κ1) is 28.6. The van der Waals surface area contributed by atoms with Crippen LogP contribution in [-0.2, 0) is 18.6 Å². The lowest BCUT2D eigenvalue weighted by atomic mass is 10.0. The molecule has 2 atom stereocenters. The van der Waals surface area contributed by atoms with E-state index in [1.165, 1.54) is 6.20 Å². The number of benzene rings is 1. The van der Waals surface area contributed by atoms with Gasteiger partial charge in [-0.3, -0.25) is 9.48 Å². The van der Waals surface area contributed by atoms with E-state index in [1.54, 1.807) is 35.1 Å². The maximum atomic E-state index is 14.7. The van der Waals surface area contributed by atoms with Crippen LogP contribution in [0.2, 0.25) is 0 Å². The van der Waals surface area contributed by atoms with Crippen molar-refractivity contribution < 1.29 is 26.9 Å². The van der Waals surface area contributed by atoms with Gasteiger partial charge in [0.25, 0.3) is 5.91 Å². The van der Waals surface area contributed by atoms with E-state index >= 15 is 0 Å². The Morgan fingerprint density at radius 1 is 1.22 bits per heavy atom. The number of carbonyl (C=O) groups is 1. The Kier molecular flexibility index (Phi) is 7.53. The number of hydrogen-bond donors (Lipinski definition) is 2. The predicted molar refractivity (Wildman–Crippen MR) is 144 cm³/mol. The number of carbonyl (C=O) groups excluding carboxylic acids is 1. The molecule has 3 aromatic heterocycles. The van der Waals surface area contributed by atoms with E-state index in [0.717, 1.165) is 4.57 Å². The highest BCUT2D eigenvalue weighted by atomic mass is 19.4. The fraction of sp³-hybridized carbons (Fsp3) is 0.481. The van der Waals surface area contributed by atoms with Crippen LogP contribution in [0.3, 0.4) is 0 Å². The molecule has 1 amide bonds. The van der Waals surface area contributed by atoms with Gasteiger partial charge in [-0.15, -0.1) is 0 Å². The molecular formula is C27H32F4N8O2. The van der Waals surface area contributed by atoms with E-state index in [4.69, 9.17) is 4.52 Å². The summed E-state index contributed by atoms with van der Waals surface area (Å²) >= 11 is 0. The number of nitrogens with one attached hydrogen (secondary N) is 2. The van der Waals surface area contributed by atoms with Crippen LogP contribution in [0.15, 0.2) is 41.2 Å². The molecule has 1 aromatic carbocycles. The highest BCUT2D eigenvalue weighted by Crippen LogP contribution is 2.35. The van der Waals surface area contributed by atoms with Crippen LogP contribution in [-0.4, -0.2) is 73.8 Å². The molecule has 0 aliphatic carbocycles. The molecule has 5 rings (SSSR count). The first-order valence-electron chi connectivity index (χ1n) is 13.2. The largest absolute Gasteiger partial charge is 0.406 e. The summed E-state index contributed by atoms with van der Waals surface area (Å²) in [5.74, 6) is -0.462. The summed E-state index contributed by atoms with van der Waals surface area (Å²) in [5, 5.41) is 14.4. The Balaban J connectivity index is 1.40. The summed E-state index contributed by atoms with van der Waals surface area (Å²) in [4.78, 5) is 18.7. The lowest BCUT2D eigenvalue weighted by Gasteiger charge is -2.33. The Labute approximate surface area is 233 Å². The van der Waals surface area contributed by atoms with Gasteiger partial charge in [-0.05, 0) is 52.4 Å². The van der Waals surface area contributed by atoms with Gasteiger partial charge in [-0.2, -0.15) is 23.3 Å². The molecule has 2 N–H and O–H groups in total. The predicted octanol–water partition coefficient (Wildman–Crippen LogP) is 4.59. The van der Waals surface area contributed by atoms with Crippen molar-refractivity contribution in [2.45, 2.75) is 64.2 Å². The third kappa shape index (κ3) is 6.37. The lowest BCUT2D eigenvalue weighted by Crippen LogP contribution is -2.46. The van der Waals surface area contributed by atoms with E-state index in [-0.39, 0.29) is 36.0 Å². The Bertz CT molecular complexity index is 1530. The molecule has 220 valence electrons. The van der Waals surface area contributed by atoms with Gasteiger partial charge in [0, 0.05) is 30.4 Å². The van der Waals surface area contributed by atoms with E-state index in [0.29, 0.717) is 35.1 Å². The minimum Gasteiger partial charge on any atom is -0.379 e. The van der Waals surface area contributed by atoms with Crippen molar-refractivity contribution in [3.63, 3.8) is 0 Å². The summed E-state index contributed by atoms with van der Waals surface area (Å²) in [6.45, 7) is 5.41. The van der Waals surface area contributed by atoms with Crippen LogP contribution >= 0.6 is 0 Å². The molecule has 1 saturated heterocycles. The molecule has 4 heterocycles. The monoisotopic (exact) mass is 576 g/mol. The summed E-state index contributed by atoms with van der Waals surface area (Å²) in [7, 11) is 1.85. The average molecular weight is 577 g/mol. The Hall–Kier alpha value is -3.94. The second-order valence-corrected chi connectivity index (χ2v) is 11.3. The van der Waals surface area contributed by atoms with Gasteiger partial charge in [-0.25, -0.2) is 4.39 Å². The molecule has 0 radical (unpaired) electrons. The zero-order chi connectivity index (χ0) is 29.5. The quantitative estimate of drug-likeness (QED) is 0.310. The highest BCUT2D eigenvalue weighted by Gasteiger charge is 2.32. The van der Waals surface area contributed by atoms with Gasteiger partial charge in [0.15, 0.2) is 0 Å². The van der Waals surface area contributed by atoms with Crippen LogP contribution in [0.1, 0.15) is 43.4 Å². The molecular weight excluding hydrogens is 544 g/mol. The van der Waals surface area contributed by atoms with Gasteiger partial charge < -0.3 is 24.6 Å². The topological polar surface area (TPSA) is 106 Å². The maximum absolute atomic E-state index is 14.7. The van der Waals surface area contributed by atoms with Crippen molar-refractivity contribution in [3.8, 4) is 11.5 Å². The van der Waals surface area contributed by atoms with Gasteiger partial charge in [0.2, 0.25) is 11.7 Å². The first-order chi connectivity index (χ1) is 19.3. The van der Waals surface area contributed by atoms with Crippen LogP contribution in [0.25, 0.3) is 22.4 Å². The number of fused-ring (bicyclic) bond motifs is 1. The number of amides is 1. The number of nitrogens with zero attached hydrogens (tertiary/aromatic N) is 6. The van der Waals surface area contributed by atoms with Gasteiger partial charge in [-0.1, -0.05) is 11.2 Å². The van der Waals surface area contributed by atoms with Gasteiger partial charge in [0.05, 0.1) is 41.1 Å². The molecule has 1 aliphatic heterocycles. The summed E-state index contributed by atoms with van der Waals surface area (Å²) in [6, 6.07) is 5.98. The van der Waals surface area contributed by atoms with E-state index < -0.39 is 30.8 Å². The SMILES string of the molecule is CN1CCC(Nc2cccc3c2cc(-c2noc(CNC(=O)c4cnn(C(C)(C)C)c4)n2)n3CC(F)(F)F)C(F)C1. The number of anilines is 1. The molecule has 14 heteroatoms. The number of alkyl halides is 4. The second-order valence-electron chi connectivity index (χ2n) is 11.3. The molecule has 41 heavy (non-hydrogen) atoms. The lowest BCUT2D eigenvalue weighted by molar-refractivity contribution is -0.139. The zero-order valence-corrected chi connectivity index (χ0v) is 23.2. The second kappa shape index (κ2) is 10.8. The number of likely N-dealkylation sites (tertiary alicyclic amines) is 1. The average Bonchev–Trinajstić information content (AvgIpc) is 3.63. The fourth-order valence-corrected chi connectivity index (χ4v) is 4.86.